The number of hydrogen-bond acceptors (Lipinski definition) is 3. The van der Waals surface area contributed by atoms with Crippen molar-refractivity contribution in [2.75, 3.05) is 6.54 Å². The van der Waals surface area contributed by atoms with Gasteiger partial charge in [-0.05, 0) is 24.3 Å². The maximum absolute atomic E-state index is 13.6. The molecule has 0 aliphatic carbocycles. The number of carbonyl (C=O) groups excluding carboxylic acids is 1. The first kappa shape index (κ1) is 16.8. The number of H-pyrrole nitrogens is 1. The topological polar surface area (TPSA) is 82.2 Å². The van der Waals surface area contributed by atoms with Crippen molar-refractivity contribution in [3.63, 3.8) is 0 Å². The van der Waals surface area contributed by atoms with Gasteiger partial charge in [0.05, 0.1) is 17.2 Å². The monoisotopic (exact) mass is 344 g/mol. The van der Waals surface area contributed by atoms with Gasteiger partial charge in [-0.25, -0.2) is 8.78 Å². The first-order valence-electron chi connectivity index (χ1n) is 7.49. The molecule has 0 saturated carbocycles. The highest BCUT2D eigenvalue weighted by atomic mass is 19.1. The predicted octanol–water partition coefficient (Wildman–Crippen LogP) is 2.27. The minimum absolute atomic E-state index is 0.0412. The summed E-state index contributed by atoms with van der Waals surface area (Å²) in [6.07, 6.45) is -1.24. The van der Waals surface area contributed by atoms with Crippen LogP contribution in [0.2, 0.25) is 0 Å². The molecule has 0 aliphatic heterocycles. The molecule has 3 N–H and O–H groups in total. The number of aliphatic hydroxyl groups excluding tert-OH is 1. The van der Waals surface area contributed by atoms with Crippen molar-refractivity contribution < 1.29 is 18.7 Å². The van der Waals surface area contributed by atoms with E-state index in [0.717, 1.165) is 12.1 Å². The second kappa shape index (κ2) is 6.82. The SMILES string of the molecule is O=C(NCC(O)c1ccccc1F)c1cc(=O)[nH]c2cc(F)ccc12. The van der Waals surface area contributed by atoms with Crippen LogP contribution in [0.1, 0.15) is 22.0 Å². The number of carbonyl (C=O) groups is 1. The lowest BCUT2D eigenvalue weighted by atomic mass is 10.1. The third-order valence-corrected chi connectivity index (χ3v) is 3.77. The maximum atomic E-state index is 13.6. The van der Waals surface area contributed by atoms with E-state index in [1.807, 2.05) is 0 Å². The number of aliphatic hydroxyl groups is 1. The van der Waals surface area contributed by atoms with Gasteiger partial charge < -0.3 is 15.4 Å². The summed E-state index contributed by atoms with van der Waals surface area (Å²) in [6, 6.07) is 10.4. The van der Waals surface area contributed by atoms with Crippen molar-refractivity contribution in [2.24, 2.45) is 0 Å². The van der Waals surface area contributed by atoms with Crippen molar-refractivity contribution >= 4 is 16.8 Å². The van der Waals surface area contributed by atoms with E-state index in [9.17, 15) is 23.5 Å². The average Bonchev–Trinajstić information content (AvgIpc) is 2.58. The number of nitrogens with one attached hydrogen (secondary N) is 2. The van der Waals surface area contributed by atoms with Gasteiger partial charge in [-0.15, -0.1) is 0 Å². The fraction of sp³-hybridized carbons (Fsp3) is 0.111. The number of aromatic amines is 1. The molecule has 0 spiro atoms. The van der Waals surface area contributed by atoms with Crippen LogP contribution in [-0.4, -0.2) is 22.5 Å². The molecule has 7 heteroatoms. The molecule has 1 unspecified atom stereocenters. The minimum Gasteiger partial charge on any atom is -0.386 e. The summed E-state index contributed by atoms with van der Waals surface area (Å²) in [5.41, 5.74) is -0.273. The number of benzene rings is 2. The Balaban J connectivity index is 1.83. The number of halogens is 2. The number of fused-ring (bicyclic) bond motifs is 1. The molecule has 5 nitrogen and oxygen atoms in total. The average molecular weight is 344 g/mol. The largest absolute Gasteiger partial charge is 0.386 e. The smallest absolute Gasteiger partial charge is 0.252 e. The molecule has 1 amide bonds. The van der Waals surface area contributed by atoms with E-state index in [-0.39, 0.29) is 23.2 Å². The summed E-state index contributed by atoms with van der Waals surface area (Å²) in [5, 5.41) is 12.8. The molecule has 3 aromatic rings. The summed E-state index contributed by atoms with van der Waals surface area (Å²) < 4.78 is 26.9. The molecule has 3 rings (SSSR count). The van der Waals surface area contributed by atoms with E-state index in [1.54, 1.807) is 6.07 Å². The Bertz CT molecular complexity index is 1000. The zero-order valence-electron chi connectivity index (χ0n) is 12.9. The Kier molecular flexibility index (Phi) is 4.58. The van der Waals surface area contributed by atoms with Crippen LogP contribution in [0.5, 0.6) is 0 Å². The summed E-state index contributed by atoms with van der Waals surface area (Å²) in [5.74, 6) is -1.75. The molecule has 2 aromatic carbocycles. The molecule has 128 valence electrons. The van der Waals surface area contributed by atoms with Crippen molar-refractivity contribution in [1.82, 2.24) is 10.3 Å². The van der Waals surface area contributed by atoms with Crippen LogP contribution >= 0.6 is 0 Å². The van der Waals surface area contributed by atoms with Gasteiger partial charge >= 0.3 is 0 Å². The molecule has 25 heavy (non-hydrogen) atoms. The van der Waals surface area contributed by atoms with Crippen LogP contribution in [0.3, 0.4) is 0 Å². The van der Waals surface area contributed by atoms with Crippen molar-refractivity contribution in [3.05, 3.63) is 81.6 Å². The summed E-state index contributed by atoms with van der Waals surface area (Å²) in [7, 11) is 0. The number of rotatable bonds is 4. The normalized spacial score (nSPS) is 12.1. The molecule has 1 aromatic heterocycles. The van der Waals surface area contributed by atoms with Crippen molar-refractivity contribution in [1.29, 1.82) is 0 Å². The van der Waals surface area contributed by atoms with Crippen molar-refractivity contribution in [2.45, 2.75) is 6.10 Å². The molecular weight excluding hydrogens is 330 g/mol. The van der Waals surface area contributed by atoms with Gasteiger partial charge in [-0.2, -0.15) is 0 Å². The Morgan fingerprint density at radius 2 is 1.92 bits per heavy atom. The van der Waals surface area contributed by atoms with E-state index >= 15 is 0 Å². The molecule has 0 radical (unpaired) electrons. The fourth-order valence-electron chi connectivity index (χ4n) is 2.56. The number of amides is 1. The van der Waals surface area contributed by atoms with Gasteiger partial charge in [0.15, 0.2) is 0 Å². The lowest BCUT2D eigenvalue weighted by Crippen LogP contribution is -2.29. The van der Waals surface area contributed by atoms with Crippen molar-refractivity contribution in [3.8, 4) is 0 Å². The molecule has 0 aliphatic rings. The standard InChI is InChI=1S/C18H14F2N2O3/c19-10-5-6-11-13(8-17(24)22-15(11)7-10)18(25)21-9-16(23)12-3-1-2-4-14(12)20/h1-8,16,23H,9H2,(H,21,25)(H,22,24). The van der Waals surface area contributed by atoms with E-state index in [1.165, 1.54) is 30.3 Å². The van der Waals surface area contributed by atoms with Crippen LogP contribution < -0.4 is 10.9 Å². The van der Waals surface area contributed by atoms with Gasteiger partial charge in [-0.3, -0.25) is 9.59 Å². The highest BCUT2D eigenvalue weighted by Gasteiger charge is 2.16. The molecule has 0 saturated heterocycles. The summed E-state index contributed by atoms with van der Waals surface area (Å²) >= 11 is 0. The van der Waals surface area contributed by atoms with Crippen LogP contribution in [0.15, 0.2) is 53.3 Å². The quantitative estimate of drug-likeness (QED) is 0.679. The molecule has 1 atom stereocenters. The van der Waals surface area contributed by atoms with E-state index in [2.05, 4.69) is 10.3 Å². The van der Waals surface area contributed by atoms with Gasteiger partial charge in [0, 0.05) is 23.6 Å². The van der Waals surface area contributed by atoms with E-state index in [0.29, 0.717) is 5.39 Å². The third kappa shape index (κ3) is 3.56. The fourth-order valence-corrected chi connectivity index (χ4v) is 2.56. The lowest BCUT2D eigenvalue weighted by Gasteiger charge is -2.13. The lowest BCUT2D eigenvalue weighted by molar-refractivity contribution is 0.0915. The Labute approximate surface area is 140 Å². The first-order chi connectivity index (χ1) is 12.0. The Morgan fingerprint density at radius 1 is 1.16 bits per heavy atom. The number of hydrogen-bond donors (Lipinski definition) is 3. The summed E-state index contributed by atoms with van der Waals surface area (Å²) in [6.45, 7) is -0.241. The van der Waals surface area contributed by atoms with Gasteiger partial charge in [-0.1, -0.05) is 18.2 Å². The van der Waals surface area contributed by atoms with Crippen LogP contribution in [0.4, 0.5) is 8.78 Å². The molecule has 0 bridgehead atoms. The Hall–Kier alpha value is -3.06. The Morgan fingerprint density at radius 3 is 2.68 bits per heavy atom. The minimum atomic E-state index is -1.24. The van der Waals surface area contributed by atoms with Gasteiger partial charge in [0.1, 0.15) is 11.6 Å². The second-order valence-electron chi connectivity index (χ2n) is 5.48. The van der Waals surface area contributed by atoms with Gasteiger partial charge in [0.25, 0.3) is 5.91 Å². The van der Waals surface area contributed by atoms with Crippen LogP contribution in [-0.2, 0) is 0 Å². The number of pyridine rings is 1. The third-order valence-electron chi connectivity index (χ3n) is 3.77. The number of aromatic nitrogens is 1. The first-order valence-corrected chi connectivity index (χ1v) is 7.49. The molecular formula is C18H14F2N2O3. The van der Waals surface area contributed by atoms with Gasteiger partial charge in [0.2, 0.25) is 5.56 Å². The highest BCUT2D eigenvalue weighted by molar-refractivity contribution is 6.05. The van der Waals surface area contributed by atoms with E-state index < -0.39 is 29.2 Å². The zero-order chi connectivity index (χ0) is 18.0. The van der Waals surface area contributed by atoms with Crippen LogP contribution in [0, 0.1) is 11.6 Å². The summed E-state index contributed by atoms with van der Waals surface area (Å²) in [4.78, 5) is 26.5. The van der Waals surface area contributed by atoms with Crippen LogP contribution in [0.25, 0.3) is 10.9 Å². The van der Waals surface area contributed by atoms with E-state index in [4.69, 9.17) is 0 Å². The predicted molar refractivity (Wildman–Crippen MR) is 88.2 cm³/mol. The maximum Gasteiger partial charge on any atom is 0.252 e. The molecule has 0 fully saturated rings. The highest BCUT2D eigenvalue weighted by Crippen LogP contribution is 2.18. The molecule has 1 heterocycles. The zero-order valence-corrected chi connectivity index (χ0v) is 12.9. The second-order valence-corrected chi connectivity index (χ2v) is 5.48.